The molecular formula is C16H16FNO2S. The van der Waals surface area contributed by atoms with Crippen molar-refractivity contribution in [2.24, 2.45) is 0 Å². The van der Waals surface area contributed by atoms with Crippen LogP contribution in [0.4, 0.5) is 10.1 Å². The molecule has 0 radical (unpaired) electrons. The van der Waals surface area contributed by atoms with Crippen molar-refractivity contribution in [3.63, 3.8) is 0 Å². The second kappa shape index (κ2) is 7.13. The van der Waals surface area contributed by atoms with Crippen LogP contribution in [-0.2, 0) is 4.79 Å². The molecule has 2 aromatic carbocycles. The van der Waals surface area contributed by atoms with Gasteiger partial charge in [0.1, 0.15) is 11.6 Å². The molecule has 0 aliphatic rings. The zero-order valence-corrected chi connectivity index (χ0v) is 12.6. The van der Waals surface area contributed by atoms with Gasteiger partial charge in [-0.05, 0) is 55.5 Å². The third kappa shape index (κ3) is 4.49. The summed E-state index contributed by atoms with van der Waals surface area (Å²) in [4.78, 5) is 13.1. The van der Waals surface area contributed by atoms with Gasteiger partial charge in [-0.3, -0.25) is 4.79 Å². The van der Waals surface area contributed by atoms with E-state index in [2.05, 4.69) is 5.32 Å². The molecule has 0 aromatic heterocycles. The number of amides is 1. The van der Waals surface area contributed by atoms with Crippen LogP contribution in [0.5, 0.6) is 5.75 Å². The fourth-order valence-corrected chi connectivity index (χ4v) is 2.56. The molecule has 1 amide bonds. The fourth-order valence-electron chi connectivity index (χ4n) is 1.69. The lowest BCUT2D eigenvalue weighted by molar-refractivity contribution is -0.115. The van der Waals surface area contributed by atoms with E-state index in [0.717, 1.165) is 10.6 Å². The maximum Gasteiger partial charge on any atom is 0.237 e. The van der Waals surface area contributed by atoms with Crippen LogP contribution in [-0.4, -0.2) is 18.3 Å². The highest BCUT2D eigenvalue weighted by Gasteiger charge is 2.14. The Hall–Kier alpha value is -2.01. The number of methoxy groups -OCH3 is 1. The molecule has 0 saturated carbocycles. The molecule has 0 heterocycles. The van der Waals surface area contributed by atoms with Gasteiger partial charge in [0.25, 0.3) is 0 Å². The minimum absolute atomic E-state index is 0.123. The summed E-state index contributed by atoms with van der Waals surface area (Å²) in [6.45, 7) is 1.83. The lowest BCUT2D eigenvalue weighted by atomic mass is 10.3. The molecule has 0 saturated heterocycles. The van der Waals surface area contributed by atoms with Crippen LogP contribution in [0.2, 0.25) is 0 Å². The summed E-state index contributed by atoms with van der Waals surface area (Å²) in [5.41, 5.74) is 0.587. The SMILES string of the molecule is COc1ccc(S[C@H](C)C(=O)Nc2ccc(F)cc2)cc1. The number of rotatable bonds is 5. The van der Waals surface area contributed by atoms with Crippen molar-refractivity contribution in [1.82, 2.24) is 0 Å². The fraction of sp³-hybridized carbons (Fsp3) is 0.188. The number of carbonyl (C=O) groups excluding carboxylic acids is 1. The number of halogens is 1. The monoisotopic (exact) mass is 305 g/mol. The summed E-state index contributed by atoms with van der Waals surface area (Å²) in [6, 6.07) is 13.2. The Balaban J connectivity index is 1.93. The average molecular weight is 305 g/mol. The minimum Gasteiger partial charge on any atom is -0.497 e. The van der Waals surface area contributed by atoms with E-state index in [1.165, 1.54) is 36.0 Å². The van der Waals surface area contributed by atoms with Gasteiger partial charge in [-0.2, -0.15) is 0 Å². The van der Waals surface area contributed by atoms with Gasteiger partial charge in [0.15, 0.2) is 0 Å². The number of hydrogen-bond donors (Lipinski definition) is 1. The van der Waals surface area contributed by atoms with Crippen LogP contribution in [0, 0.1) is 5.82 Å². The second-order valence-electron chi connectivity index (χ2n) is 4.43. The van der Waals surface area contributed by atoms with Crippen LogP contribution in [0.3, 0.4) is 0 Å². The number of anilines is 1. The van der Waals surface area contributed by atoms with Crippen molar-refractivity contribution in [1.29, 1.82) is 0 Å². The van der Waals surface area contributed by atoms with E-state index in [-0.39, 0.29) is 17.0 Å². The van der Waals surface area contributed by atoms with Crippen LogP contribution < -0.4 is 10.1 Å². The minimum atomic E-state index is -0.325. The van der Waals surface area contributed by atoms with Crippen LogP contribution in [0.25, 0.3) is 0 Å². The number of thioether (sulfide) groups is 1. The van der Waals surface area contributed by atoms with Gasteiger partial charge < -0.3 is 10.1 Å². The number of hydrogen-bond acceptors (Lipinski definition) is 3. The van der Waals surface area contributed by atoms with Gasteiger partial charge in [0.05, 0.1) is 12.4 Å². The highest BCUT2D eigenvalue weighted by Crippen LogP contribution is 2.26. The summed E-state index contributed by atoms with van der Waals surface area (Å²) >= 11 is 1.45. The van der Waals surface area contributed by atoms with Crippen molar-refractivity contribution in [3.05, 3.63) is 54.3 Å². The molecule has 2 rings (SSSR count). The predicted molar refractivity (Wildman–Crippen MR) is 83.3 cm³/mol. The standard InChI is InChI=1S/C16H16FNO2S/c1-11(21-15-9-7-14(20-2)8-10-15)16(19)18-13-5-3-12(17)4-6-13/h3-11H,1-2H3,(H,18,19)/t11-/m1/s1. The molecule has 3 nitrogen and oxygen atoms in total. The first-order valence-corrected chi connectivity index (χ1v) is 7.33. The Morgan fingerprint density at radius 1 is 1.14 bits per heavy atom. The summed E-state index contributed by atoms with van der Waals surface area (Å²) in [7, 11) is 1.61. The van der Waals surface area contributed by atoms with E-state index in [0.29, 0.717) is 5.69 Å². The molecule has 1 N–H and O–H groups in total. The summed E-state index contributed by atoms with van der Waals surface area (Å²) < 4.78 is 17.9. The first-order chi connectivity index (χ1) is 10.1. The Bertz CT molecular complexity index is 599. The van der Waals surface area contributed by atoms with Crippen molar-refractivity contribution in [2.45, 2.75) is 17.1 Å². The first-order valence-electron chi connectivity index (χ1n) is 6.45. The van der Waals surface area contributed by atoms with Crippen molar-refractivity contribution in [2.75, 3.05) is 12.4 Å². The first kappa shape index (κ1) is 15.4. The molecule has 2 aromatic rings. The number of ether oxygens (including phenoxy) is 1. The largest absolute Gasteiger partial charge is 0.497 e. The van der Waals surface area contributed by atoms with E-state index in [1.54, 1.807) is 7.11 Å². The Kier molecular flexibility index (Phi) is 5.22. The molecule has 5 heteroatoms. The summed E-state index contributed by atoms with van der Waals surface area (Å²) in [5.74, 6) is 0.332. The Morgan fingerprint density at radius 2 is 1.76 bits per heavy atom. The molecule has 1 atom stereocenters. The van der Waals surface area contributed by atoms with Crippen LogP contribution in [0.1, 0.15) is 6.92 Å². The lowest BCUT2D eigenvalue weighted by Gasteiger charge is -2.12. The van der Waals surface area contributed by atoms with E-state index in [4.69, 9.17) is 4.74 Å². The number of carbonyl (C=O) groups is 1. The smallest absolute Gasteiger partial charge is 0.237 e. The molecule has 0 aliphatic heterocycles. The third-order valence-electron chi connectivity index (χ3n) is 2.85. The molecule has 0 unspecified atom stereocenters. The molecule has 0 bridgehead atoms. The van der Waals surface area contributed by atoms with Gasteiger partial charge in [0.2, 0.25) is 5.91 Å². The van der Waals surface area contributed by atoms with Crippen molar-refractivity contribution < 1.29 is 13.9 Å². The molecule has 110 valence electrons. The highest BCUT2D eigenvalue weighted by molar-refractivity contribution is 8.00. The van der Waals surface area contributed by atoms with Crippen molar-refractivity contribution in [3.8, 4) is 5.75 Å². The normalized spacial score (nSPS) is 11.8. The predicted octanol–water partition coefficient (Wildman–Crippen LogP) is 3.95. The van der Waals surface area contributed by atoms with E-state index >= 15 is 0 Å². The Labute approximate surface area is 127 Å². The number of benzene rings is 2. The van der Waals surface area contributed by atoms with E-state index in [9.17, 15) is 9.18 Å². The van der Waals surface area contributed by atoms with Crippen LogP contribution in [0.15, 0.2) is 53.4 Å². The van der Waals surface area contributed by atoms with Gasteiger partial charge >= 0.3 is 0 Å². The third-order valence-corrected chi connectivity index (χ3v) is 3.97. The van der Waals surface area contributed by atoms with Gasteiger partial charge in [-0.25, -0.2) is 4.39 Å². The quantitative estimate of drug-likeness (QED) is 0.850. The summed E-state index contributed by atoms with van der Waals surface area (Å²) in [5, 5.41) is 2.50. The van der Waals surface area contributed by atoms with E-state index < -0.39 is 0 Å². The lowest BCUT2D eigenvalue weighted by Crippen LogP contribution is -2.22. The Morgan fingerprint density at radius 3 is 2.33 bits per heavy atom. The zero-order valence-electron chi connectivity index (χ0n) is 11.8. The summed E-state index contributed by atoms with van der Waals surface area (Å²) in [6.07, 6.45) is 0. The maximum atomic E-state index is 12.8. The maximum absolute atomic E-state index is 12.8. The van der Waals surface area contributed by atoms with Crippen molar-refractivity contribution >= 4 is 23.4 Å². The molecule has 0 spiro atoms. The molecular weight excluding hydrogens is 289 g/mol. The van der Waals surface area contributed by atoms with Crippen LogP contribution >= 0.6 is 11.8 Å². The average Bonchev–Trinajstić information content (AvgIpc) is 2.50. The molecule has 0 aliphatic carbocycles. The molecule has 0 fully saturated rings. The van der Waals surface area contributed by atoms with Gasteiger partial charge in [0, 0.05) is 10.6 Å². The molecule has 21 heavy (non-hydrogen) atoms. The highest BCUT2D eigenvalue weighted by atomic mass is 32.2. The zero-order chi connectivity index (χ0) is 15.2. The topological polar surface area (TPSA) is 38.3 Å². The number of nitrogens with one attached hydrogen (secondary N) is 1. The van der Waals surface area contributed by atoms with Gasteiger partial charge in [-0.1, -0.05) is 0 Å². The second-order valence-corrected chi connectivity index (χ2v) is 5.85. The van der Waals surface area contributed by atoms with E-state index in [1.807, 2.05) is 31.2 Å². The van der Waals surface area contributed by atoms with Gasteiger partial charge in [-0.15, -0.1) is 11.8 Å².